The summed E-state index contributed by atoms with van der Waals surface area (Å²) >= 11 is 0. The predicted octanol–water partition coefficient (Wildman–Crippen LogP) is 2.29. The van der Waals surface area contributed by atoms with E-state index in [-0.39, 0.29) is 5.82 Å². The lowest BCUT2D eigenvalue weighted by atomic mass is 10.2. The first-order valence-corrected chi connectivity index (χ1v) is 7.97. The molecule has 3 rings (SSSR count). The Hall–Kier alpha value is -2.65. The number of hydrogen-bond acceptors (Lipinski definition) is 5. The van der Waals surface area contributed by atoms with Gasteiger partial charge in [-0.05, 0) is 24.3 Å². The summed E-state index contributed by atoms with van der Waals surface area (Å²) in [6.07, 6.45) is 1.71. The van der Waals surface area contributed by atoms with Crippen molar-refractivity contribution < 1.29 is 9.13 Å². The van der Waals surface area contributed by atoms with E-state index in [0.717, 1.165) is 38.5 Å². The van der Waals surface area contributed by atoms with Crippen molar-refractivity contribution in [2.45, 2.75) is 0 Å². The molecule has 1 fully saturated rings. The Morgan fingerprint density at radius 1 is 1.12 bits per heavy atom. The molecule has 0 atom stereocenters. The molecule has 0 amide bonds. The first-order chi connectivity index (χ1) is 11.8. The number of benzene rings is 1. The zero-order valence-electron chi connectivity index (χ0n) is 13.4. The van der Waals surface area contributed by atoms with E-state index >= 15 is 0 Å². The van der Waals surface area contributed by atoms with Gasteiger partial charge in [0.2, 0.25) is 0 Å². The summed E-state index contributed by atoms with van der Waals surface area (Å²) in [5.74, 6) is 0.715. The Morgan fingerprint density at radius 3 is 2.67 bits per heavy atom. The molecule has 5 nitrogen and oxygen atoms in total. The molecule has 1 aromatic carbocycles. The maximum absolute atomic E-state index is 13.5. The number of para-hydroxylation sites is 1. The molecular weight excluding hydrogens is 307 g/mol. The number of ether oxygens (including phenoxy) is 1. The fraction of sp³-hybridized carbons (Fsp3) is 0.333. The van der Waals surface area contributed by atoms with Crippen molar-refractivity contribution in [3.05, 3.63) is 54.0 Å². The molecule has 0 bridgehead atoms. The van der Waals surface area contributed by atoms with Gasteiger partial charge in [0.1, 0.15) is 18.5 Å². The zero-order valence-corrected chi connectivity index (χ0v) is 13.4. The third-order valence-electron chi connectivity index (χ3n) is 4.08. The van der Waals surface area contributed by atoms with Crippen LogP contribution in [0.3, 0.4) is 0 Å². The van der Waals surface area contributed by atoms with Crippen LogP contribution in [0.2, 0.25) is 0 Å². The molecule has 124 valence electrons. The second-order valence-corrected chi connectivity index (χ2v) is 5.59. The molecule has 0 aliphatic carbocycles. The molecule has 0 N–H and O–H groups in total. The minimum atomic E-state index is -0.332. The standard InChI is InChI=1S/C18H19FN4O/c19-16-5-1-2-6-17(16)24-13-12-22-8-10-23(11-9-22)18-15(14-20)4-3-7-21-18/h1-7H,8-13H2. The highest BCUT2D eigenvalue weighted by Crippen LogP contribution is 2.18. The van der Waals surface area contributed by atoms with Crippen LogP contribution in [-0.2, 0) is 0 Å². The summed E-state index contributed by atoms with van der Waals surface area (Å²) in [4.78, 5) is 8.73. The number of piperazine rings is 1. The monoisotopic (exact) mass is 326 g/mol. The zero-order chi connectivity index (χ0) is 16.8. The van der Waals surface area contributed by atoms with Gasteiger partial charge in [0, 0.05) is 38.9 Å². The average molecular weight is 326 g/mol. The number of nitrogens with zero attached hydrogens (tertiary/aromatic N) is 4. The molecule has 1 saturated heterocycles. The van der Waals surface area contributed by atoms with Crippen LogP contribution in [0.25, 0.3) is 0 Å². The molecule has 0 spiro atoms. The van der Waals surface area contributed by atoms with E-state index in [1.807, 2.05) is 0 Å². The van der Waals surface area contributed by atoms with E-state index in [2.05, 4.69) is 20.9 Å². The van der Waals surface area contributed by atoms with Crippen molar-refractivity contribution in [2.75, 3.05) is 44.2 Å². The fourth-order valence-electron chi connectivity index (χ4n) is 2.77. The van der Waals surface area contributed by atoms with Crippen molar-refractivity contribution >= 4 is 5.82 Å². The third kappa shape index (κ3) is 3.81. The first kappa shape index (κ1) is 16.2. The van der Waals surface area contributed by atoms with Crippen molar-refractivity contribution in [2.24, 2.45) is 0 Å². The lowest BCUT2D eigenvalue weighted by molar-refractivity contribution is 0.196. The van der Waals surface area contributed by atoms with Gasteiger partial charge < -0.3 is 9.64 Å². The Labute approximate surface area is 140 Å². The van der Waals surface area contributed by atoms with Crippen LogP contribution in [0.4, 0.5) is 10.2 Å². The third-order valence-corrected chi connectivity index (χ3v) is 4.08. The number of halogens is 1. The highest BCUT2D eigenvalue weighted by atomic mass is 19.1. The molecule has 1 aromatic heterocycles. The number of nitriles is 1. The topological polar surface area (TPSA) is 52.4 Å². The summed E-state index contributed by atoms with van der Waals surface area (Å²) in [5.41, 5.74) is 0.605. The van der Waals surface area contributed by atoms with Gasteiger partial charge >= 0.3 is 0 Å². The highest BCUT2D eigenvalue weighted by Gasteiger charge is 2.20. The Kier molecular flexibility index (Phi) is 5.24. The van der Waals surface area contributed by atoms with Crippen LogP contribution in [0.15, 0.2) is 42.6 Å². The smallest absolute Gasteiger partial charge is 0.165 e. The van der Waals surface area contributed by atoms with E-state index in [1.54, 1.807) is 36.5 Å². The molecule has 1 aliphatic heterocycles. The van der Waals surface area contributed by atoms with Gasteiger partial charge in [0.15, 0.2) is 11.6 Å². The molecule has 0 unspecified atom stereocenters. The second-order valence-electron chi connectivity index (χ2n) is 5.59. The van der Waals surface area contributed by atoms with Gasteiger partial charge in [0.25, 0.3) is 0 Å². The molecule has 0 radical (unpaired) electrons. The van der Waals surface area contributed by atoms with Crippen LogP contribution in [-0.4, -0.2) is 49.2 Å². The lowest BCUT2D eigenvalue weighted by Crippen LogP contribution is -2.48. The second kappa shape index (κ2) is 7.75. The number of rotatable bonds is 5. The summed E-state index contributed by atoms with van der Waals surface area (Å²) < 4.78 is 19.0. The minimum absolute atomic E-state index is 0.295. The van der Waals surface area contributed by atoms with Gasteiger partial charge in [-0.3, -0.25) is 4.90 Å². The molecule has 2 heterocycles. The van der Waals surface area contributed by atoms with Gasteiger partial charge in [0.05, 0.1) is 5.56 Å². The number of pyridine rings is 1. The van der Waals surface area contributed by atoms with Crippen LogP contribution in [0, 0.1) is 17.1 Å². The normalized spacial score (nSPS) is 15.1. The molecule has 2 aromatic rings. The van der Waals surface area contributed by atoms with Gasteiger partial charge in [-0.1, -0.05) is 12.1 Å². The average Bonchev–Trinajstić information content (AvgIpc) is 2.64. The van der Waals surface area contributed by atoms with E-state index in [9.17, 15) is 9.65 Å². The summed E-state index contributed by atoms with van der Waals surface area (Å²) in [5, 5.41) is 9.17. The van der Waals surface area contributed by atoms with Crippen LogP contribution in [0.5, 0.6) is 5.75 Å². The Bertz CT molecular complexity index is 723. The SMILES string of the molecule is N#Cc1cccnc1N1CCN(CCOc2ccccc2F)CC1. The first-order valence-electron chi connectivity index (χ1n) is 7.97. The minimum Gasteiger partial charge on any atom is -0.489 e. The maximum Gasteiger partial charge on any atom is 0.165 e. The largest absolute Gasteiger partial charge is 0.489 e. The summed E-state index contributed by atoms with van der Waals surface area (Å²) in [6.45, 7) is 4.55. The number of aromatic nitrogens is 1. The van der Waals surface area contributed by atoms with Gasteiger partial charge in [-0.15, -0.1) is 0 Å². The number of anilines is 1. The molecule has 1 aliphatic rings. The van der Waals surface area contributed by atoms with E-state index < -0.39 is 0 Å². The molecule has 0 saturated carbocycles. The predicted molar refractivity (Wildman–Crippen MR) is 89.5 cm³/mol. The Morgan fingerprint density at radius 2 is 1.92 bits per heavy atom. The quantitative estimate of drug-likeness (QED) is 0.844. The van der Waals surface area contributed by atoms with Gasteiger partial charge in [-0.2, -0.15) is 5.26 Å². The van der Waals surface area contributed by atoms with E-state index in [0.29, 0.717) is 17.9 Å². The van der Waals surface area contributed by atoms with Gasteiger partial charge in [-0.25, -0.2) is 9.37 Å². The van der Waals surface area contributed by atoms with E-state index in [4.69, 9.17) is 4.74 Å². The highest BCUT2D eigenvalue weighted by molar-refractivity contribution is 5.53. The summed E-state index contributed by atoms with van der Waals surface area (Å²) in [7, 11) is 0. The fourth-order valence-corrected chi connectivity index (χ4v) is 2.77. The molecular formula is C18H19FN4O. The van der Waals surface area contributed by atoms with Crippen LogP contribution < -0.4 is 9.64 Å². The van der Waals surface area contributed by atoms with Crippen LogP contribution in [0.1, 0.15) is 5.56 Å². The van der Waals surface area contributed by atoms with E-state index in [1.165, 1.54) is 6.07 Å². The maximum atomic E-state index is 13.5. The lowest BCUT2D eigenvalue weighted by Gasteiger charge is -2.35. The Balaban J connectivity index is 1.47. The van der Waals surface area contributed by atoms with Crippen molar-refractivity contribution in [3.8, 4) is 11.8 Å². The summed E-state index contributed by atoms with van der Waals surface area (Å²) in [6, 6.07) is 12.2. The molecule has 24 heavy (non-hydrogen) atoms. The van der Waals surface area contributed by atoms with Crippen molar-refractivity contribution in [1.82, 2.24) is 9.88 Å². The van der Waals surface area contributed by atoms with Crippen LogP contribution >= 0.6 is 0 Å². The van der Waals surface area contributed by atoms with Crippen molar-refractivity contribution in [3.63, 3.8) is 0 Å². The van der Waals surface area contributed by atoms with Crippen molar-refractivity contribution in [1.29, 1.82) is 5.26 Å². The number of hydrogen-bond donors (Lipinski definition) is 0. The molecule has 6 heteroatoms.